The number of ether oxygens (including phenoxy) is 1. The molecule has 8 heteroatoms. The number of nitrogens with zero attached hydrogens (tertiary/aromatic N) is 1. The molecule has 2 heterocycles. The average molecular weight is 486 g/mol. The van der Waals surface area contributed by atoms with Crippen LogP contribution in [0.1, 0.15) is 22.9 Å². The molecule has 5 rings (SSSR count). The molecule has 1 fully saturated rings. The summed E-state index contributed by atoms with van der Waals surface area (Å²) in [6, 6.07) is 14.1. The number of benzene rings is 3. The van der Waals surface area contributed by atoms with Crippen molar-refractivity contribution < 1.29 is 29.6 Å². The first-order valence-corrected chi connectivity index (χ1v) is 11.4. The first-order valence-electron chi connectivity index (χ1n) is 11.0. The highest BCUT2D eigenvalue weighted by Gasteiger charge is 2.44. The Bertz CT molecular complexity index is 1370. The van der Waals surface area contributed by atoms with Crippen LogP contribution in [0.5, 0.6) is 0 Å². The van der Waals surface area contributed by atoms with Crippen LogP contribution in [-0.2, 0) is 11.2 Å². The summed E-state index contributed by atoms with van der Waals surface area (Å²) in [5.74, 6) is -0.282. The van der Waals surface area contributed by atoms with Crippen LogP contribution in [0.2, 0.25) is 5.02 Å². The number of rotatable bonds is 4. The Morgan fingerprint density at radius 3 is 2.47 bits per heavy atom. The van der Waals surface area contributed by atoms with E-state index in [4.69, 9.17) is 16.3 Å². The summed E-state index contributed by atoms with van der Waals surface area (Å²) in [5.41, 5.74) is 3.60. The van der Waals surface area contributed by atoms with Gasteiger partial charge in [-0.3, -0.25) is 0 Å². The fourth-order valence-corrected chi connectivity index (χ4v) is 5.17. The van der Waals surface area contributed by atoms with Gasteiger partial charge in [0.25, 0.3) is 0 Å². The molecule has 4 aromatic rings. The van der Waals surface area contributed by atoms with Crippen LogP contribution >= 0.6 is 11.6 Å². The van der Waals surface area contributed by atoms with Gasteiger partial charge in [0, 0.05) is 16.6 Å². The zero-order valence-corrected chi connectivity index (χ0v) is 19.2. The van der Waals surface area contributed by atoms with Crippen LogP contribution in [0.25, 0.3) is 21.7 Å². The number of halogens is 2. The van der Waals surface area contributed by atoms with Gasteiger partial charge in [-0.1, -0.05) is 35.9 Å². The summed E-state index contributed by atoms with van der Waals surface area (Å²) in [6.07, 6.45) is -4.01. The highest BCUT2D eigenvalue weighted by atomic mass is 35.5. The van der Waals surface area contributed by atoms with Crippen molar-refractivity contribution >= 4 is 33.3 Å². The number of aryl methyl sites for hydroxylation is 1. The SMILES string of the molecule is Cc1cc(Cl)cc2c1c(Cc1ccc3cc(F)ccc3c1)cn2[C@@H]1O[C@H](CO)[C@@H](O)[C@H](O)[C@H]1O. The Balaban J connectivity index is 1.60. The largest absolute Gasteiger partial charge is 0.394 e. The van der Waals surface area contributed by atoms with Crippen molar-refractivity contribution in [2.24, 2.45) is 0 Å². The first kappa shape index (κ1) is 23.2. The molecular weight excluding hydrogens is 461 g/mol. The number of aliphatic hydroxyl groups is 4. The molecule has 0 unspecified atom stereocenters. The second-order valence-electron chi connectivity index (χ2n) is 8.90. The van der Waals surface area contributed by atoms with Crippen LogP contribution in [0.3, 0.4) is 0 Å². The number of fused-ring (bicyclic) bond motifs is 2. The fraction of sp³-hybridized carbons (Fsp3) is 0.308. The molecule has 178 valence electrons. The van der Waals surface area contributed by atoms with E-state index in [9.17, 15) is 24.8 Å². The molecule has 0 amide bonds. The standard InChI is InChI=1S/C26H25ClFNO5/c1-13-6-18(27)10-20-22(13)17(8-14-2-3-16-9-19(28)5-4-15(16)7-14)11-29(20)26-25(33)24(32)23(31)21(12-30)34-26/h2-7,9-11,21,23-26,30-33H,8,12H2,1H3/t21-,23-,24+,25-,26-/m1/s1. The third-order valence-electron chi connectivity index (χ3n) is 6.58. The van der Waals surface area contributed by atoms with E-state index in [1.807, 2.05) is 37.4 Å². The lowest BCUT2D eigenvalue weighted by Gasteiger charge is -2.40. The zero-order chi connectivity index (χ0) is 24.1. The summed E-state index contributed by atoms with van der Waals surface area (Å²) >= 11 is 6.35. The van der Waals surface area contributed by atoms with Crippen molar-refractivity contribution in [1.82, 2.24) is 4.57 Å². The lowest BCUT2D eigenvalue weighted by Crippen LogP contribution is -2.56. The Morgan fingerprint density at radius 1 is 0.971 bits per heavy atom. The smallest absolute Gasteiger partial charge is 0.163 e. The third-order valence-corrected chi connectivity index (χ3v) is 6.79. The van der Waals surface area contributed by atoms with Gasteiger partial charge < -0.3 is 29.7 Å². The molecule has 6 nitrogen and oxygen atoms in total. The van der Waals surface area contributed by atoms with Crippen molar-refractivity contribution in [3.8, 4) is 0 Å². The molecular formula is C26H25ClFNO5. The van der Waals surface area contributed by atoms with E-state index >= 15 is 0 Å². The second kappa shape index (κ2) is 8.92. The zero-order valence-electron chi connectivity index (χ0n) is 18.4. The van der Waals surface area contributed by atoms with Crippen molar-refractivity contribution in [3.05, 3.63) is 82.3 Å². The molecule has 0 bridgehead atoms. The maximum Gasteiger partial charge on any atom is 0.163 e. The van der Waals surface area contributed by atoms with E-state index in [0.717, 1.165) is 32.8 Å². The van der Waals surface area contributed by atoms with Crippen LogP contribution in [0.4, 0.5) is 4.39 Å². The van der Waals surface area contributed by atoms with Gasteiger partial charge in [-0.15, -0.1) is 0 Å². The second-order valence-corrected chi connectivity index (χ2v) is 9.34. The molecule has 3 aromatic carbocycles. The van der Waals surface area contributed by atoms with Gasteiger partial charge in [-0.25, -0.2) is 4.39 Å². The highest BCUT2D eigenvalue weighted by Crippen LogP contribution is 2.36. The molecule has 4 N–H and O–H groups in total. The molecule has 5 atom stereocenters. The minimum atomic E-state index is -1.49. The van der Waals surface area contributed by atoms with Gasteiger partial charge in [0.15, 0.2) is 6.23 Å². The van der Waals surface area contributed by atoms with E-state index in [2.05, 4.69) is 0 Å². The van der Waals surface area contributed by atoms with Gasteiger partial charge in [0.1, 0.15) is 30.2 Å². The maximum absolute atomic E-state index is 13.6. The average Bonchev–Trinajstić information content (AvgIpc) is 3.15. The van der Waals surface area contributed by atoms with Crippen molar-refractivity contribution in [2.45, 2.75) is 44.0 Å². The summed E-state index contributed by atoms with van der Waals surface area (Å²) < 4.78 is 21.1. The molecule has 1 saturated heterocycles. The third kappa shape index (κ3) is 3.98. The summed E-state index contributed by atoms with van der Waals surface area (Å²) in [6.45, 7) is 1.43. The quantitative estimate of drug-likeness (QED) is 0.355. The van der Waals surface area contributed by atoms with E-state index in [-0.39, 0.29) is 5.82 Å². The first-order chi connectivity index (χ1) is 16.3. The molecule has 0 spiro atoms. The van der Waals surface area contributed by atoms with Gasteiger partial charge in [0.2, 0.25) is 0 Å². The lowest BCUT2D eigenvalue weighted by molar-refractivity contribution is -0.250. The van der Waals surface area contributed by atoms with Crippen LogP contribution in [0.15, 0.2) is 54.7 Å². The Morgan fingerprint density at radius 2 is 1.71 bits per heavy atom. The highest BCUT2D eigenvalue weighted by molar-refractivity contribution is 6.31. The van der Waals surface area contributed by atoms with E-state index in [1.54, 1.807) is 16.7 Å². The van der Waals surface area contributed by atoms with Gasteiger partial charge in [-0.05, 0) is 65.1 Å². The molecule has 1 aliphatic heterocycles. The molecule has 0 radical (unpaired) electrons. The Hall–Kier alpha value is -2.52. The van der Waals surface area contributed by atoms with Crippen LogP contribution in [-0.4, -0.2) is 56.0 Å². The normalized spacial score (nSPS) is 25.3. The predicted molar refractivity (Wildman–Crippen MR) is 127 cm³/mol. The van der Waals surface area contributed by atoms with Crippen LogP contribution in [0, 0.1) is 12.7 Å². The number of hydrogen-bond donors (Lipinski definition) is 4. The van der Waals surface area contributed by atoms with Crippen molar-refractivity contribution in [1.29, 1.82) is 0 Å². The topological polar surface area (TPSA) is 95.1 Å². The molecule has 1 aliphatic rings. The molecule has 1 aromatic heterocycles. The number of aliphatic hydroxyl groups excluding tert-OH is 4. The molecule has 34 heavy (non-hydrogen) atoms. The van der Waals surface area contributed by atoms with Gasteiger partial charge >= 0.3 is 0 Å². The van der Waals surface area contributed by atoms with Crippen molar-refractivity contribution in [2.75, 3.05) is 6.61 Å². The molecule has 0 saturated carbocycles. The molecule has 0 aliphatic carbocycles. The van der Waals surface area contributed by atoms with Gasteiger partial charge in [-0.2, -0.15) is 0 Å². The van der Waals surface area contributed by atoms with E-state index < -0.39 is 37.3 Å². The monoisotopic (exact) mass is 485 g/mol. The van der Waals surface area contributed by atoms with Crippen LogP contribution < -0.4 is 0 Å². The predicted octanol–water partition coefficient (Wildman–Crippen LogP) is 3.46. The lowest BCUT2D eigenvalue weighted by atomic mass is 9.98. The van der Waals surface area contributed by atoms with Gasteiger partial charge in [0.05, 0.1) is 12.1 Å². The van der Waals surface area contributed by atoms with E-state index in [1.165, 1.54) is 12.1 Å². The number of hydrogen-bond acceptors (Lipinski definition) is 5. The number of aromatic nitrogens is 1. The summed E-state index contributed by atoms with van der Waals surface area (Å²) in [5, 5.41) is 44.0. The summed E-state index contributed by atoms with van der Waals surface area (Å²) in [4.78, 5) is 0. The Labute approximate surface area is 200 Å². The van der Waals surface area contributed by atoms with E-state index in [0.29, 0.717) is 17.0 Å². The summed E-state index contributed by atoms with van der Waals surface area (Å²) in [7, 11) is 0. The fourth-order valence-electron chi connectivity index (χ4n) is 4.90. The Kier molecular flexibility index (Phi) is 6.10. The maximum atomic E-state index is 13.6. The van der Waals surface area contributed by atoms with Crippen molar-refractivity contribution in [3.63, 3.8) is 0 Å². The minimum Gasteiger partial charge on any atom is -0.394 e. The minimum absolute atomic E-state index is 0.282.